The van der Waals surface area contributed by atoms with Crippen LogP contribution in [-0.4, -0.2) is 43.5 Å². The van der Waals surface area contributed by atoms with Gasteiger partial charge in [0.25, 0.3) is 5.91 Å². The fraction of sp³-hybridized carbons (Fsp3) is 0.333. The molecule has 1 aliphatic heterocycles. The van der Waals surface area contributed by atoms with Crippen molar-refractivity contribution in [2.45, 2.75) is 26.0 Å². The first kappa shape index (κ1) is 19.7. The number of halogens is 1. The molecular formula is C21H23FN2O4. The standard InChI is InChI=1S/C21H23FN2O4/c1-14-21(26)24(17-6-4-5-7-19(17)28-14)11-10-20(25)23(2)13-15-8-9-18(27-3)16(22)12-15/h4-9,12,14H,10-11,13H2,1-3H3/t14-/m0/s1. The number of benzene rings is 2. The smallest absolute Gasteiger partial charge is 0.267 e. The van der Waals surface area contributed by atoms with Crippen molar-refractivity contribution in [1.29, 1.82) is 0 Å². The number of nitrogens with zero attached hydrogens (tertiary/aromatic N) is 2. The zero-order valence-electron chi connectivity index (χ0n) is 16.1. The maximum Gasteiger partial charge on any atom is 0.267 e. The number of para-hydroxylation sites is 2. The van der Waals surface area contributed by atoms with E-state index < -0.39 is 11.9 Å². The molecule has 0 aliphatic carbocycles. The summed E-state index contributed by atoms with van der Waals surface area (Å²) in [5, 5.41) is 0. The number of ether oxygens (including phenoxy) is 2. The molecule has 28 heavy (non-hydrogen) atoms. The fourth-order valence-electron chi connectivity index (χ4n) is 3.16. The topological polar surface area (TPSA) is 59.1 Å². The van der Waals surface area contributed by atoms with Crippen LogP contribution in [-0.2, 0) is 16.1 Å². The first-order chi connectivity index (χ1) is 13.4. The van der Waals surface area contributed by atoms with Crippen molar-refractivity contribution in [3.05, 3.63) is 53.8 Å². The minimum absolute atomic E-state index is 0.138. The summed E-state index contributed by atoms with van der Waals surface area (Å²) in [5.41, 5.74) is 1.33. The summed E-state index contributed by atoms with van der Waals surface area (Å²) in [6.45, 7) is 2.21. The van der Waals surface area contributed by atoms with Crippen LogP contribution >= 0.6 is 0 Å². The van der Waals surface area contributed by atoms with Crippen molar-refractivity contribution >= 4 is 17.5 Å². The first-order valence-electron chi connectivity index (χ1n) is 9.04. The lowest BCUT2D eigenvalue weighted by atomic mass is 10.1. The third-order valence-electron chi connectivity index (χ3n) is 4.68. The molecule has 2 aromatic rings. The molecule has 0 N–H and O–H groups in total. The Morgan fingerprint density at radius 1 is 1.29 bits per heavy atom. The molecule has 0 saturated carbocycles. The van der Waals surface area contributed by atoms with Gasteiger partial charge in [-0.2, -0.15) is 0 Å². The summed E-state index contributed by atoms with van der Waals surface area (Å²) in [4.78, 5) is 28.1. The van der Waals surface area contributed by atoms with Crippen LogP contribution in [0, 0.1) is 5.82 Å². The van der Waals surface area contributed by atoms with E-state index in [9.17, 15) is 14.0 Å². The number of carbonyl (C=O) groups is 2. The van der Waals surface area contributed by atoms with Gasteiger partial charge in [0.1, 0.15) is 5.75 Å². The van der Waals surface area contributed by atoms with Gasteiger partial charge in [0.2, 0.25) is 5.91 Å². The Kier molecular flexibility index (Phi) is 5.82. The van der Waals surface area contributed by atoms with Gasteiger partial charge in [-0.1, -0.05) is 18.2 Å². The monoisotopic (exact) mass is 386 g/mol. The van der Waals surface area contributed by atoms with E-state index in [1.165, 1.54) is 24.1 Å². The van der Waals surface area contributed by atoms with Crippen molar-refractivity contribution in [3.8, 4) is 11.5 Å². The molecule has 1 heterocycles. The average molecular weight is 386 g/mol. The number of rotatable bonds is 6. The minimum Gasteiger partial charge on any atom is -0.494 e. The van der Waals surface area contributed by atoms with E-state index in [2.05, 4.69) is 0 Å². The van der Waals surface area contributed by atoms with Crippen molar-refractivity contribution in [1.82, 2.24) is 4.90 Å². The van der Waals surface area contributed by atoms with Crippen molar-refractivity contribution in [2.75, 3.05) is 25.6 Å². The van der Waals surface area contributed by atoms with Gasteiger partial charge in [0, 0.05) is 26.6 Å². The lowest BCUT2D eigenvalue weighted by molar-refractivity contribution is -0.130. The van der Waals surface area contributed by atoms with Gasteiger partial charge >= 0.3 is 0 Å². The second-order valence-corrected chi connectivity index (χ2v) is 6.69. The molecule has 0 saturated heterocycles. The average Bonchev–Trinajstić information content (AvgIpc) is 2.68. The third-order valence-corrected chi connectivity index (χ3v) is 4.68. The van der Waals surface area contributed by atoms with Gasteiger partial charge in [0.15, 0.2) is 17.7 Å². The quantitative estimate of drug-likeness (QED) is 0.766. The molecule has 0 spiro atoms. The first-order valence-corrected chi connectivity index (χ1v) is 9.04. The van der Waals surface area contributed by atoms with Crippen LogP contribution in [0.15, 0.2) is 42.5 Å². The minimum atomic E-state index is -0.593. The van der Waals surface area contributed by atoms with Crippen LogP contribution in [0.5, 0.6) is 11.5 Å². The van der Waals surface area contributed by atoms with Gasteiger partial charge in [0.05, 0.1) is 12.8 Å². The second kappa shape index (κ2) is 8.29. The maximum atomic E-state index is 13.8. The van der Waals surface area contributed by atoms with Gasteiger partial charge in [-0.05, 0) is 36.8 Å². The molecule has 0 fully saturated rings. The molecule has 0 bridgehead atoms. The van der Waals surface area contributed by atoms with Crippen LogP contribution in [0.2, 0.25) is 0 Å². The van der Waals surface area contributed by atoms with E-state index in [4.69, 9.17) is 9.47 Å². The molecule has 6 nitrogen and oxygen atoms in total. The maximum absolute atomic E-state index is 13.8. The van der Waals surface area contributed by atoms with Crippen molar-refractivity contribution in [2.24, 2.45) is 0 Å². The lowest BCUT2D eigenvalue weighted by Gasteiger charge is -2.33. The largest absolute Gasteiger partial charge is 0.494 e. The lowest BCUT2D eigenvalue weighted by Crippen LogP contribution is -2.45. The van der Waals surface area contributed by atoms with E-state index >= 15 is 0 Å². The number of fused-ring (bicyclic) bond motifs is 1. The predicted octanol–water partition coefficient (Wildman–Crippen LogP) is 3.00. The molecule has 1 aliphatic rings. The van der Waals surface area contributed by atoms with Gasteiger partial charge in [-0.25, -0.2) is 4.39 Å². The SMILES string of the molecule is COc1ccc(CN(C)C(=O)CCN2C(=O)[C@H](C)Oc3ccccc32)cc1F. The molecule has 0 unspecified atom stereocenters. The Labute approximate surface area is 163 Å². The molecule has 2 amide bonds. The van der Waals surface area contributed by atoms with Crippen LogP contribution in [0.4, 0.5) is 10.1 Å². The molecule has 0 aromatic heterocycles. The summed E-state index contributed by atoms with van der Waals surface area (Å²) in [7, 11) is 3.06. The number of carbonyl (C=O) groups excluding carboxylic acids is 2. The zero-order valence-corrected chi connectivity index (χ0v) is 16.1. The second-order valence-electron chi connectivity index (χ2n) is 6.69. The van der Waals surface area contributed by atoms with Crippen molar-refractivity contribution in [3.63, 3.8) is 0 Å². The highest BCUT2D eigenvalue weighted by Crippen LogP contribution is 2.33. The Hall–Kier alpha value is -3.09. The Bertz CT molecular complexity index is 886. The predicted molar refractivity (Wildman–Crippen MR) is 103 cm³/mol. The van der Waals surface area contributed by atoms with E-state index in [1.807, 2.05) is 12.1 Å². The number of hydrogen-bond acceptors (Lipinski definition) is 4. The molecule has 1 atom stereocenters. The number of amides is 2. The van der Waals surface area contributed by atoms with E-state index in [0.717, 1.165) is 0 Å². The van der Waals surface area contributed by atoms with Crippen molar-refractivity contribution < 1.29 is 23.5 Å². The highest BCUT2D eigenvalue weighted by Gasteiger charge is 2.31. The van der Waals surface area contributed by atoms with Crippen LogP contribution < -0.4 is 14.4 Å². The highest BCUT2D eigenvalue weighted by atomic mass is 19.1. The summed E-state index contributed by atoms with van der Waals surface area (Å²) in [6, 6.07) is 11.9. The summed E-state index contributed by atoms with van der Waals surface area (Å²) in [5.74, 6) is 0.0119. The summed E-state index contributed by atoms with van der Waals surface area (Å²) >= 11 is 0. The zero-order chi connectivity index (χ0) is 20.3. The summed E-state index contributed by atoms with van der Waals surface area (Å²) < 4.78 is 24.3. The molecule has 2 aromatic carbocycles. The van der Waals surface area contributed by atoms with E-state index in [-0.39, 0.29) is 37.1 Å². The number of hydrogen-bond donors (Lipinski definition) is 0. The summed E-state index contributed by atoms with van der Waals surface area (Å²) in [6.07, 6.45) is -0.438. The Morgan fingerprint density at radius 3 is 2.75 bits per heavy atom. The third kappa shape index (κ3) is 4.08. The van der Waals surface area contributed by atoms with Crippen LogP contribution in [0.25, 0.3) is 0 Å². The number of anilines is 1. The Morgan fingerprint density at radius 2 is 2.04 bits per heavy atom. The van der Waals surface area contributed by atoms with Crippen LogP contribution in [0.3, 0.4) is 0 Å². The van der Waals surface area contributed by atoms with E-state index in [0.29, 0.717) is 17.0 Å². The normalized spacial score (nSPS) is 15.6. The van der Waals surface area contributed by atoms with Gasteiger partial charge in [-0.3, -0.25) is 9.59 Å². The molecular weight excluding hydrogens is 363 g/mol. The molecule has 0 radical (unpaired) electrons. The molecule has 7 heteroatoms. The highest BCUT2D eigenvalue weighted by molar-refractivity contribution is 6.00. The van der Waals surface area contributed by atoms with E-state index in [1.54, 1.807) is 37.1 Å². The molecule has 3 rings (SSSR count). The number of methoxy groups -OCH3 is 1. The fourth-order valence-corrected chi connectivity index (χ4v) is 3.16. The molecule has 148 valence electrons. The van der Waals surface area contributed by atoms with Gasteiger partial charge in [-0.15, -0.1) is 0 Å². The Balaban J connectivity index is 1.63. The van der Waals surface area contributed by atoms with Gasteiger partial charge < -0.3 is 19.3 Å². The van der Waals surface area contributed by atoms with Crippen LogP contribution in [0.1, 0.15) is 18.9 Å².